The van der Waals surface area contributed by atoms with Gasteiger partial charge in [0.1, 0.15) is 5.82 Å². The maximum atomic E-state index is 4.30. The molecule has 2 heterocycles. The maximum Gasteiger partial charge on any atom is 0.128 e. The zero-order valence-electron chi connectivity index (χ0n) is 9.53. The van der Waals surface area contributed by atoms with Crippen LogP contribution in [0.15, 0.2) is 24.4 Å². The van der Waals surface area contributed by atoms with Crippen LogP contribution in [0.3, 0.4) is 0 Å². The summed E-state index contributed by atoms with van der Waals surface area (Å²) < 4.78 is 0. The molecule has 1 aromatic rings. The molecule has 0 aromatic carbocycles. The minimum Gasteiger partial charge on any atom is -0.354 e. The summed E-state index contributed by atoms with van der Waals surface area (Å²) in [4.78, 5) is 6.60. The number of anilines is 1. The lowest BCUT2D eigenvalue weighted by Gasteiger charge is -2.28. The van der Waals surface area contributed by atoms with Crippen LogP contribution in [0.4, 0.5) is 5.82 Å². The third kappa shape index (κ3) is 4.27. The van der Waals surface area contributed by atoms with Crippen molar-refractivity contribution < 1.29 is 0 Å². The number of hydrogen-bond donors (Lipinski definition) is 2. The summed E-state index contributed by atoms with van der Waals surface area (Å²) in [6.45, 7) is 4.27. The van der Waals surface area contributed by atoms with Crippen molar-refractivity contribution in [2.45, 2.75) is 0 Å². The lowest BCUT2D eigenvalue weighted by molar-refractivity contribution is 0.585. The third-order valence-corrected chi connectivity index (χ3v) is 2.09. The van der Waals surface area contributed by atoms with Gasteiger partial charge in [0.2, 0.25) is 0 Å². The predicted octanol–water partition coefficient (Wildman–Crippen LogP) is 0.327. The minimum atomic E-state index is 1.07. The van der Waals surface area contributed by atoms with Crippen LogP contribution >= 0.6 is 0 Å². The molecule has 4 nitrogen and oxygen atoms in total. The van der Waals surface area contributed by atoms with E-state index in [-0.39, 0.29) is 0 Å². The highest BCUT2D eigenvalue weighted by Crippen LogP contribution is 2.08. The van der Waals surface area contributed by atoms with Gasteiger partial charge in [-0.15, -0.1) is 0 Å². The summed E-state index contributed by atoms with van der Waals surface area (Å²) in [5, 5.41) is 6.07. The monoisotopic (exact) mass is 208 g/mol. The van der Waals surface area contributed by atoms with Gasteiger partial charge in [0.05, 0.1) is 0 Å². The molecule has 0 saturated carbocycles. The lowest BCUT2D eigenvalue weighted by Crippen LogP contribution is -2.43. The standard InChI is InChI=1S/C9H13N3.C2H7N/c1-2-4-11-9(3-1)12-7-5-10-6-8-12;1-3-2/h1-4,10H,5-8H2;3H,1-2H3. The van der Waals surface area contributed by atoms with Crippen LogP contribution in [0.2, 0.25) is 0 Å². The van der Waals surface area contributed by atoms with Crippen LogP contribution in [0.1, 0.15) is 0 Å². The van der Waals surface area contributed by atoms with Gasteiger partial charge in [-0.25, -0.2) is 4.98 Å². The van der Waals surface area contributed by atoms with Gasteiger partial charge in [0.25, 0.3) is 0 Å². The molecule has 0 amide bonds. The lowest BCUT2D eigenvalue weighted by atomic mass is 10.3. The number of piperazine rings is 1. The highest BCUT2D eigenvalue weighted by Gasteiger charge is 2.09. The van der Waals surface area contributed by atoms with E-state index in [1.807, 2.05) is 32.4 Å². The first-order valence-electron chi connectivity index (χ1n) is 5.33. The molecule has 4 heteroatoms. The van der Waals surface area contributed by atoms with Crippen LogP contribution in [-0.2, 0) is 0 Å². The van der Waals surface area contributed by atoms with E-state index in [0.29, 0.717) is 0 Å². The summed E-state index contributed by atoms with van der Waals surface area (Å²) in [6, 6.07) is 6.04. The van der Waals surface area contributed by atoms with Crippen molar-refractivity contribution >= 4 is 5.82 Å². The summed E-state index contributed by atoms with van der Waals surface area (Å²) in [5.74, 6) is 1.10. The van der Waals surface area contributed by atoms with E-state index >= 15 is 0 Å². The van der Waals surface area contributed by atoms with E-state index in [2.05, 4.69) is 26.6 Å². The van der Waals surface area contributed by atoms with Gasteiger partial charge < -0.3 is 15.5 Å². The average molecular weight is 208 g/mol. The van der Waals surface area contributed by atoms with Crippen LogP contribution in [0.5, 0.6) is 0 Å². The largest absolute Gasteiger partial charge is 0.354 e. The summed E-state index contributed by atoms with van der Waals surface area (Å²) >= 11 is 0. The Bertz CT molecular complexity index is 244. The number of rotatable bonds is 1. The Balaban J connectivity index is 0.000000337. The molecule has 1 saturated heterocycles. The molecule has 2 rings (SSSR count). The Morgan fingerprint density at radius 2 is 1.93 bits per heavy atom. The fourth-order valence-electron chi connectivity index (χ4n) is 1.43. The molecule has 0 radical (unpaired) electrons. The molecule has 2 N–H and O–H groups in total. The van der Waals surface area contributed by atoms with Crippen molar-refractivity contribution in [3.8, 4) is 0 Å². The highest BCUT2D eigenvalue weighted by atomic mass is 15.2. The highest BCUT2D eigenvalue weighted by molar-refractivity contribution is 5.38. The normalized spacial score (nSPS) is 15.5. The van der Waals surface area contributed by atoms with E-state index in [1.54, 1.807) is 0 Å². The molecular weight excluding hydrogens is 188 g/mol. The summed E-state index contributed by atoms with van der Waals surface area (Å²) in [6.07, 6.45) is 1.84. The fraction of sp³-hybridized carbons (Fsp3) is 0.545. The van der Waals surface area contributed by atoms with E-state index in [0.717, 1.165) is 32.0 Å². The van der Waals surface area contributed by atoms with Crippen molar-refractivity contribution in [1.82, 2.24) is 15.6 Å². The zero-order valence-corrected chi connectivity index (χ0v) is 9.53. The molecule has 84 valence electrons. The van der Waals surface area contributed by atoms with Gasteiger partial charge in [-0.3, -0.25) is 0 Å². The molecule has 0 atom stereocenters. The van der Waals surface area contributed by atoms with Crippen LogP contribution in [0, 0.1) is 0 Å². The topological polar surface area (TPSA) is 40.2 Å². The Morgan fingerprint density at radius 3 is 2.47 bits per heavy atom. The van der Waals surface area contributed by atoms with Gasteiger partial charge in [0.15, 0.2) is 0 Å². The molecule has 1 aliphatic heterocycles. The molecule has 1 fully saturated rings. The number of hydrogen-bond acceptors (Lipinski definition) is 4. The molecule has 15 heavy (non-hydrogen) atoms. The Hall–Kier alpha value is -1.13. The van der Waals surface area contributed by atoms with Crippen molar-refractivity contribution in [3.63, 3.8) is 0 Å². The second-order valence-electron chi connectivity index (χ2n) is 3.42. The van der Waals surface area contributed by atoms with Crippen LogP contribution < -0.4 is 15.5 Å². The van der Waals surface area contributed by atoms with Crippen LogP contribution in [0.25, 0.3) is 0 Å². The number of nitrogens with zero attached hydrogens (tertiary/aromatic N) is 2. The van der Waals surface area contributed by atoms with E-state index in [9.17, 15) is 0 Å². The van der Waals surface area contributed by atoms with Gasteiger partial charge in [-0.1, -0.05) is 6.07 Å². The summed E-state index contributed by atoms with van der Waals surface area (Å²) in [7, 11) is 3.75. The first-order chi connectivity index (χ1) is 7.38. The minimum absolute atomic E-state index is 1.07. The van der Waals surface area contributed by atoms with Gasteiger partial charge in [-0.2, -0.15) is 0 Å². The molecule has 1 aromatic heterocycles. The zero-order chi connectivity index (χ0) is 10.9. The second-order valence-corrected chi connectivity index (χ2v) is 3.42. The molecular formula is C11H20N4. The number of aromatic nitrogens is 1. The molecule has 0 aliphatic carbocycles. The molecule has 0 unspecified atom stereocenters. The van der Waals surface area contributed by atoms with E-state index in [4.69, 9.17) is 0 Å². The quantitative estimate of drug-likeness (QED) is 0.697. The van der Waals surface area contributed by atoms with Crippen molar-refractivity contribution in [2.75, 3.05) is 45.2 Å². The Morgan fingerprint density at radius 1 is 1.27 bits per heavy atom. The maximum absolute atomic E-state index is 4.30. The van der Waals surface area contributed by atoms with Crippen molar-refractivity contribution in [2.24, 2.45) is 0 Å². The van der Waals surface area contributed by atoms with Gasteiger partial charge in [0, 0.05) is 32.4 Å². The molecule has 0 bridgehead atoms. The van der Waals surface area contributed by atoms with Crippen molar-refractivity contribution in [1.29, 1.82) is 0 Å². The first kappa shape index (κ1) is 11.9. The molecule has 1 aliphatic rings. The predicted molar refractivity (Wildman–Crippen MR) is 64.3 cm³/mol. The molecule has 0 spiro atoms. The Kier molecular flexibility index (Phi) is 5.73. The van der Waals surface area contributed by atoms with Crippen molar-refractivity contribution in [3.05, 3.63) is 24.4 Å². The second kappa shape index (κ2) is 7.20. The van der Waals surface area contributed by atoms with Gasteiger partial charge in [-0.05, 0) is 26.2 Å². The van der Waals surface area contributed by atoms with E-state index < -0.39 is 0 Å². The van der Waals surface area contributed by atoms with Crippen LogP contribution in [-0.4, -0.2) is 45.3 Å². The number of pyridine rings is 1. The Labute approximate surface area is 91.7 Å². The number of nitrogens with one attached hydrogen (secondary N) is 2. The van der Waals surface area contributed by atoms with E-state index in [1.165, 1.54) is 0 Å². The summed E-state index contributed by atoms with van der Waals surface area (Å²) in [5.41, 5.74) is 0. The first-order valence-corrected chi connectivity index (χ1v) is 5.33. The average Bonchev–Trinajstić information content (AvgIpc) is 2.32. The fourth-order valence-corrected chi connectivity index (χ4v) is 1.43. The smallest absolute Gasteiger partial charge is 0.128 e. The third-order valence-electron chi connectivity index (χ3n) is 2.09. The SMILES string of the molecule is CNC.c1ccc(N2CCNCC2)nc1. The van der Waals surface area contributed by atoms with Gasteiger partial charge >= 0.3 is 0 Å².